The summed E-state index contributed by atoms with van der Waals surface area (Å²) in [5.74, 6) is 1.21. The maximum Gasteiger partial charge on any atom is 0.247 e. The Balaban J connectivity index is 2.05. The number of methoxy groups -OCH3 is 1. The normalized spacial score (nSPS) is 18.4. The highest BCUT2D eigenvalue weighted by Gasteiger charge is 2.36. The van der Waals surface area contributed by atoms with E-state index in [1.54, 1.807) is 31.6 Å². The van der Waals surface area contributed by atoms with E-state index in [1.807, 2.05) is 18.2 Å². The summed E-state index contributed by atoms with van der Waals surface area (Å²) in [6, 6.07) is 10.4. The van der Waals surface area contributed by atoms with E-state index in [0.29, 0.717) is 23.6 Å². The van der Waals surface area contributed by atoms with Gasteiger partial charge in [-0.05, 0) is 18.2 Å². The van der Waals surface area contributed by atoms with Crippen molar-refractivity contribution in [3.8, 4) is 5.75 Å². The van der Waals surface area contributed by atoms with E-state index >= 15 is 0 Å². The minimum Gasteiger partial charge on any atom is -0.496 e. The molecule has 0 saturated carbocycles. The van der Waals surface area contributed by atoms with Crippen molar-refractivity contribution in [1.29, 1.82) is 0 Å². The quantitative estimate of drug-likeness (QED) is 0.867. The zero-order valence-corrected chi connectivity index (χ0v) is 13.1. The minimum absolute atomic E-state index is 0.432. The van der Waals surface area contributed by atoms with Crippen LogP contribution >= 0.6 is 0 Å². The van der Waals surface area contributed by atoms with Crippen molar-refractivity contribution in [1.82, 2.24) is 4.41 Å². The smallest absolute Gasteiger partial charge is 0.247 e. The Morgan fingerprint density at radius 1 is 1.27 bits per heavy atom. The van der Waals surface area contributed by atoms with Crippen LogP contribution in [0, 0.1) is 0 Å². The van der Waals surface area contributed by atoms with E-state index in [1.165, 1.54) is 0 Å². The van der Waals surface area contributed by atoms with Crippen LogP contribution in [-0.4, -0.2) is 31.9 Å². The fraction of sp³-hybridized carbons (Fsp3) is 0.267. The number of sulfonamides is 1. The molecular weight excluding hydrogens is 304 g/mol. The molecule has 22 heavy (non-hydrogen) atoms. The van der Waals surface area contributed by atoms with Gasteiger partial charge in [-0.25, -0.2) is 8.42 Å². The molecule has 0 unspecified atom stereocenters. The number of hydrogen-bond acceptors (Lipinski definition) is 5. The van der Waals surface area contributed by atoms with E-state index in [2.05, 4.69) is 5.10 Å². The molecule has 0 saturated heterocycles. The lowest BCUT2D eigenvalue weighted by molar-refractivity contribution is 0.352. The van der Waals surface area contributed by atoms with Gasteiger partial charge in [0.2, 0.25) is 10.0 Å². The Morgan fingerprint density at radius 3 is 2.68 bits per heavy atom. The summed E-state index contributed by atoms with van der Waals surface area (Å²) in [5.41, 5.74) is 1.38. The van der Waals surface area contributed by atoms with Gasteiger partial charge in [0.05, 0.1) is 25.7 Å². The van der Waals surface area contributed by atoms with Gasteiger partial charge in [0.1, 0.15) is 17.2 Å². The van der Waals surface area contributed by atoms with Gasteiger partial charge < -0.3 is 9.15 Å². The highest BCUT2D eigenvalue weighted by Crippen LogP contribution is 2.38. The molecule has 6 nitrogen and oxygen atoms in total. The number of hydrogen-bond donors (Lipinski definition) is 0. The van der Waals surface area contributed by atoms with Crippen LogP contribution in [0.5, 0.6) is 5.75 Å². The molecule has 1 aliphatic rings. The van der Waals surface area contributed by atoms with Gasteiger partial charge in [0.25, 0.3) is 0 Å². The lowest BCUT2D eigenvalue weighted by atomic mass is 10.0. The maximum absolute atomic E-state index is 12.1. The fourth-order valence-corrected chi connectivity index (χ4v) is 3.46. The average Bonchev–Trinajstić information content (AvgIpc) is 3.15. The Morgan fingerprint density at radius 2 is 2.05 bits per heavy atom. The molecule has 1 aromatic carbocycles. The first-order chi connectivity index (χ1) is 10.5. The second kappa shape index (κ2) is 5.49. The van der Waals surface area contributed by atoms with Crippen LogP contribution in [0.3, 0.4) is 0 Å². The lowest BCUT2D eigenvalue weighted by Gasteiger charge is -2.22. The topological polar surface area (TPSA) is 72.1 Å². The average molecular weight is 320 g/mol. The molecule has 7 heteroatoms. The fourth-order valence-electron chi connectivity index (χ4n) is 2.56. The largest absolute Gasteiger partial charge is 0.496 e. The molecule has 0 amide bonds. The van der Waals surface area contributed by atoms with Crippen molar-refractivity contribution >= 4 is 15.7 Å². The summed E-state index contributed by atoms with van der Waals surface area (Å²) < 4.78 is 36.0. The van der Waals surface area contributed by atoms with Crippen molar-refractivity contribution in [2.24, 2.45) is 5.10 Å². The molecule has 1 atom stereocenters. The first-order valence-corrected chi connectivity index (χ1v) is 8.59. The second-order valence-corrected chi connectivity index (χ2v) is 6.86. The van der Waals surface area contributed by atoms with Gasteiger partial charge >= 0.3 is 0 Å². The monoisotopic (exact) mass is 320 g/mol. The first-order valence-electron chi connectivity index (χ1n) is 6.74. The summed E-state index contributed by atoms with van der Waals surface area (Å²) in [6.45, 7) is 0. The number of hydrazone groups is 1. The predicted octanol–water partition coefficient (Wildman–Crippen LogP) is 2.40. The van der Waals surface area contributed by atoms with Gasteiger partial charge in [0.15, 0.2) is 0 Å². The highest BCUT2D eigenvalue weighted by atomic mass is 32.2. The number of furan rings is 1. The van der Waals surface area contributed by atoms with Crippen molar-refractivity contribution < 1.29 is 17.6 Å². The molecule has 0 fully saturated rings. The molecule has 0 radical (unpaired) electrons. The van der Waals surface area contributed by atoms with Gasteiger partial charge in [0, 0.05) is 12.0 Å². The van der Waals surface area contributed by atoms with E-state index in [0.717, 1.165) is 16.2 Å². The Labute approximate surface area is 129 Å². The van der Waals surface area contributed by atoms with Crippen molar-refractivity contribution in [2.75, 3.05) is 13.4 Å². The summed E-state index contributed by atoms with van der Waals surface area (Å²) in [4.78, 5) is 0. The molecule has 0 bridgehead atoms. The van der Waals surface area contributed by atoms with Crippen LogP contribution in [0.15, 0.2) is 52.2 Å². The zero-order valence-electron chi connectivity index (χ0n) is 12.3. The van der Waals surface area contributed by atoms with Crippen LogP contribution in [0.25, 0.3) is 0 Å². The van der Waals surface area contributed by atoms with E-state index < -0.39 is 16.1 Å². The number of ether oxygens (including phenoxy) is 1. The van der Waals surface area contributed by atoms with Crippen molar-refractivity contribution in [3.05, 3.63) is 54.0 Å². The molecule has 0 aliphatic carbocycles. The summed E-state index contributed by atoms with van der Waals surface area (Å²) in [6.07, 6.45) is 3.12. The maximum atomic E-state index is 12.1. The van der Waals surface area contributed by atoms with Crippen LogP contribution in [0.1, 0.15) is 23.8 Å². The third kappa shape index (κ3) is 2.59. The van der Waals surface area contributed by atoms with E-state index in [-0.39, 0.29) is 0 Å². The number of para-hydroxylation sites is 1. The Hall–Kier alpha value is -2.28. The van der Waals surface area contributed by atoms with Crippen LogP contribution in [0.4, 0.5) is 0 Å². The number of benzene rings is 1. The van der Waals surface area contributed by atoms with Gasteiger partial charge in [-0.3, -0.25) is 0 Å². The lowest BCUT2D eigenvalue weighted by Crippen LogP contribution is -2.26. The molecule has 2 heterocycles. The molecule has 2 aromatic rings. The van der Waals surface area contributed by atoms with Gasteiger partial charge in [-0.1, -0.05) is 18.2 Å². The number of nitrogens with zero attached hydrogens (tertiary/aromatic N) is 2. The van der Waals surface area contributed by atoms with E-state index in [4.69, 9.17) is 9.15 Å². The molecule has 0 spiro atoms. The number of rotatable bonds is 4. The third-order valence-electron chi connectivity index (χ3n) is 3.52. The molecule has 116 valence electrons. The minimum atomic E-state index is -3.50. The molecule has 1 aliphatic heterocycles. The molecule has 3 rings (SSSR count). The third-order valence-corrected chi connectivity index (χ3v) is 4.53. The van der Waals surface area contributed by atoms with Gasteiger partial charge in [-0.2, -0.15) is 9.52 Å². The molecule has 0 N–H and O–H groups in total. The molecular formula is C15H16N2O4S. The SMILES string of the molecule is COc1ccccc1[C@H]1CC(c2ccco2)=NN1S(C)(=O)=O. The second-order valence-electron chi connectivity index (χ2n) is 5.02. The summed E-state index contributed by atoms with van der Waals surface area (Å²) in [5, 5.41) is 4.25. The van der Waals surface area contributed by atoms with Crippen LogP contribution in [-0.2, 0) is 10.0 Å². The first kappa shape index (κ1) is 14.6. The van der Waals surface area contributed by atoms with Crippen molar-refractivity contribution in [2.45, 2.75) is 12.5 Å². The summed E-state index contributed by atoms with van der Waals surface area (Å²) >= 11 is 0. The predicted molar refractivity (Wildman–Crippen MR) is 82.3 cm³/mol. The Bertz CT molecular complexity index is 797. The van der Waals surface area contributed by atoms with Crippen LogP contribution in [0.2, 0.25) is 0 Å². The van der Waals surface area contributed by atoms with Gasteiger partial charge in [-0.15, -0.1) is 0 Å². The zero-order chi connectivity index (χ0) is 15.7. The highest BCUT2D eigenvalue weighted by molar-refractivity contribution is 7.88. The van der Waals surface area contributed by atoms with Crippen LogP contribution < -0.4 is 4.74 Å². The Kier molecular flexibility index (Phi) is 3.66. The standard InChI is InChI=1S/C15H16N2O4S/c1-20-14-7-4-3-6-11(14)13-10-12(15-8-5-9-21-15)16-17(13)22(2,18)19/h3-9,13H,10H2,1-2H3/t13-/m1/s1. The summed E-state index contributed by atoms with van der Waals surface area (Å²) in [7, 11) is -1.94. The van der Waals surface area contributed by atoms with E-state index in [9.17, 15) is 8.42 Å². The van der Waals surface area contributed by atoms with Crippen molar-refractivity contribution in [3.63, 3.8) is 0 Å². The molecule has 1 aromatic heterocycles.